The van der Waals surface area contributed by atoms with Gasteiger partial charge in [0.15, 0.2) is 11.6 Å². The zero-order valence-electron chi connectivity index (χ0n) is 17.9. The van der Waals surface area contributed by atoms with Crippen molar-refractivity contribution in [3.05, 3.63) is 88.0 Å². The highest BCUT2D eigenvalue weighted by atomic mass is 19.1. The first kappa shape index (κ1) is 22.2. The average Bonchev–Trinajstić information content (AvgIpc) is 2.85. The standard InChI is InChI=1S/C24H23FN4O4/c25-21-13-17(6-9-23(21)33-19-5-4-10-26-16-19)15-27-24(30)20-14-18(29(31)32)7-8-22(20)28-11-2-1-3-12-28/h4-10,13-14,16H,1-3,11-12,15H2,(H,27,30). The summed E-state index contributed by atoms with van der Waals surface area (Å²) in [7, 11) is 0. The Morgan fingerprint density at radius 2 is 1.97 bits per heavy atom. The van der Waals surface area contributed by atoms with Crippen LogP contribution in [0.4, 0.5) is 15.8 Å². The molecule has 3 aromatic rings. The van der Waals surface area contributed by atoms with Gasteiger partial charge in [-0.25, -0.2) is 4.39 Å². The maximum absolute atomic E-state index is 14.5. The summed E-state index contributed by atoms with van der Waals surface area (Å²) in [6.07, 6.45) is 6.20. The van der Waals surface area contributed by atoms with E-state index < -0.39 is 16.6 Å². The van der Waals surface area contributed by atoms with E-state index in [-0.39, 0.29) is 23.5 Å². The van der Waals surface area contributed by atoms with Crippen LogP contribution in [-0.4, -0.2) is 28.9 Å². The van der Waals surface area contributed by atoms with Gasteiger partial charge in [0, 0.05) is 38.0 Å². The van der Waals surface area contributed by atoms with Crippen LogP contribution in [0, 0.1) is 15.9 Å². The molecule has 1 aromatic heterocycles. The second-order valence-corrected chi connectivity index (χ2v) is 7.74. The fraction of sp³-hybridized carbons (Fsp3) is 0.250. The number of nitrogens with zero attached hydrogens (tertiary/aromatic N) is 3. The normalized spacial score (nSPS) is 13.4. The summed E-state index contributed by atoms with van der Waals surface area (Å²) in [4.78, 5) is 29.7. The molecule has 0 radical (unpaired) electrons. The molecule has 1 aliphatic heterocycles. The molecular weight excluding hydrogens is 427 g/mol. The molecule has 4 rings (SSSR count). The molecular formula is C24H23FN4O4. The Morgan fingerprint density at radius 1 is 1.15 bits per heavy atom. The van der Waals surface area contributed by atoms with Gasteiger partial charge in [-0.2, -0.15) is 0 Å². The lowest BCUT2D eigenvalue weighted by Gasteiger charge is -2.30. The first-order chi connectivity index (χ1) is 16.0. The number of hydrogen-bond donors (Lipinski definition) is 1. The first-order valence-corrected chi connectivity index (χ1v) is 10.7. The number of benzene rings is 2. The summed E-state index contributed by atoms with van der Waals surface area (Å²) in [5.74, 6) is -0.567. The van der Waals surface area contributed by atoms with E-state index in [2.05, 4.69) is 15.2 Å². The van der Waals surface area contributed by atoms with Crippen LogP contribution in [0.1, 0.15) is 35.2 Å². The molecule has 2 heterocycles. The minimum atomic E-state index is -0.574. The maximum atomic E-state index is 14.5. The molecule has 0 spiro atoms. The van der Waals surface area contributed by atoms with Gasteiger partial charge in [-0.05, 0) is 55.2 Å². The number of carbonyl (C=O) groups excluding carboxylic acids is 1. The van der Waals surface area contributed by atoms with E-state index in [1.54, 1.807) is 30.5 Å². The molecule has 0 atom stereocenters. The van der Waals surface area contributed by atoms with Crippen LogP contribution < -0.4 is 15.0 Å². The van der Waals surface area contributed by atoms with Crippen LogP contribution in [-0.2, 0) is 6.54 Å². The monoisotopic (exact) mass is 450 g/mol. The number of pyridine rings is 1. The molecule has 0 aliphatic carbocycles. The van der Waals surface area contributed by atoms with E-state index in [1.165, 1.54) is 30.5 Å². The minimum absolute atomic E-state index is 0.0455. The molecule has 8 nitrogen and oxygen atoms in total. The number of rotatable bonds is 7. The third-order valence-electron chi connectivity index (χ3n) is 5.44. The minimum Gasteiger partial charge on any atom is -0.453 e. The summed E-state index contributed by atoms with van der Waals surface area (Å²) in [6, 6.07) is 12.1. The highest BCUT2D eigenvalue weighted by Gasteiger charge is 2.22. The average molecular weight is 450 g/mol. The van der Waals surface area contributed by atoms with Gasteiger partial charge in [-0.1, -0.05) is 6.07 Å². The second kappa shape index (κ2) is 10.1. The van der Waals surface area contributed by atoms with Gasteiger partial charge in [0.1, 0.15) is 5.75 Å². The number of piperidine rings is 1. The van der Waals surface area contributed by atoms with Crippen molar-refractivity contribution in [1.82, 2.24) is 10.3 Å². The number of hydrogen-bond acceptors (Lipinski definition) is 6. The molecule has 2 aromatic carbocycles. The largest absolute Gasteiger partial charge is 0.453 e. The molecule has 170 valence electrons. The van der Waals surface area contributed by atoms with Gasteiger partial charge < -0.3 is 15.0 Å². The van der Waals surface area contributed by atoms with Crippen LogP contribution in [0.3, 0.4) is 0 Å². The van der Waals surface area contributed by atoms with E-state index in [0.717, 1.165) is 32.4 Å². The molecule has 0 bridgehead atoms. The van der Waals surface area contributed by atoms with E-state index >= 15 is 0 Å². The van der Waals surface area contributed by atoms with Crippen LogP contribution in [0.5, 0.6) is 11.5 Å². The van der Waals surface area contributed by atoms with Crippen molar-refractivity contribution in [2.45, 2.75) is 25.8 Å². The maximum Gasteiger partial charge on any atom is 0.270 e. The van der Waals surface area contributed by atoms with Gasteiger partial charge >= 0.3 is 0 Å². The van der Waals surface area contributed by atoms with E-state index in [0.29, 0.717) is 17.0 Å². The lowest BCUT2D eigenvalue weighted by atomic mass is 10.1. The highest BCUT2D eigenvalue weighted by molar-refractivity contribution is 6.00. The SMILES string of the molecule is O=C(NCc1ccc(Oc2cccnc2)c(F)c1)c1cc([N+](=O)[O-])ccc1N1CCCCC1. The third kappa shape index (κ3) is 5.43. The van der Waals surface area contributed by atoms with Crippen molar-refractivity contribution in [3.8, 4) is 11.5 Å². The zero-order chi connectivity index (χ0) is 23.2. The fourth-order valence-corrected chi connectivity index (χ4v) is 3.78. The van der Waals surface area contributed by atoms with Crippen molar-refractivity contribution in [3.63, 3.8) is 0 Å². The summed E-state index contributed by atoms with van der Waals surface area (Å²) in [5.41, 5.74) is 1.29. The van der Waals surface area contributed by atoms with Gasteiger partial charge in [-0.3, -0.25) is 19.9 Å². The lowest BCUT2D eigenvalue weighted by molar-refractivity contribution is -0.384. The smallest absolute Gasteiger partial charge is 0.270 e. The van der Waals surface area contributed by atoms with Crippen LogP contribution in [0.25, 0.3) is 0 Å². The van der Waals surface area contributed by atoms with Crippen LogP contribution in [0.2, 0.25) is 0 Å². The van der Waals surface area contributed by atoms with Crippen molar-refractivity contribution in [1.29, 1.82) is 0 Å². The molecule has 1 aliphatic rings. The number of amides is 1. The number of ether oxygens (including phenoxy) is 1. The summed E-state index contributed by atoms with van der Waals surface area (Å²) >= 11 is 0. The summed E-state index contributed by atoms with van der Waals surface area (Å²) in [5, 5.41) is 14.0. The van der Waals surface area contributed by atoms with Crippen molar-refractivity contribution >= 4 is 17.3 Å². The number of nitro benzene ring substituents is 1. The predicted octanol–water partition coefficient (Wildman–Crippen LogP) is 4.84. The van der Waals surface area contributed by atoms with Gasteiger partial charge in [0.25, 0.3) is 11.6 Å². The van der Waals surface area contributed by atoms with Crippen LogP contribution >= 0.6 is 0 Å². The molecule has 33 heavy (non-hydrogen) atoms. The highest BCUT2D eigenvalue weighted by Crippen LogP contribution is 2.28. The predicted molar refractivity (Wildman–Crippen MR) is 121 cm³/mol. The Labute approximate surface area is 190 Å². The lowest BCUT2D eigenvalue weighted by Crippen LogP contribution is -2.32. The Bertz CT molecular complexity index is 1150. The quantitative estimate of drug-likeness (QED) is 0.409. The number of anilines is 1. The number of nitro groups is 1. The second-order valence-electron chi connectivity index (χ2n) is 7.74. The number of non-ortho nitro benzene ring substituents is 1. The number of halogens is 1. The molecule has 1 N–H and O–H groups in total. The van der Waals surface area contributed by atoms with Crippen molar-refractivity contribution in [2.24, 2.45) is 0 Å². The number of carbonyl (C=O) groups is 1. The summed E-state index contributed by atoms with van der Waals surface area (Å²) in [6.45, 7) is 1.65. The Kier molecular flexibility index (Phi) is 6.77. The topological polar surface area (TPSA) is 97.6 Å². The summed E-state index contributed by atoms with van der Waals surface area (Å²) < 4.78 is 20.0. The number of nitrogens with one attached hydrogen (secondary N) is 1. The first-order valence-electron chi connectivity index (χ1n) is 10.7. The molecule has 1 saturated heterocycles. The van der Waals surface area contributed by atoms with E-state index in [1.807, 2.05) is 0 Å². The Morgan fingerprint density at radius 3 is 2.67 bits per heavy atom. The Hall–Kier alpha value is -4.01. The molecule has 1 fully saturated rings. The van der Waals surface area contributed by atoms with E-state index in [9.17, 15) is 19.3 Å². The Balaban J connectivity index is 1.48. The zero-order valence-corrected chi connectivity index (χ0v) is 17.9. The van der Waals surface area contributed by atoms with E-state index in [4.69, 9.17) is 4.74 Å². The van der Waals surface area contributed by atoms with Crippen molar-refractivity contribution in [2.75, 3.05) is 18.0 Å². The number of aromatic nitrogens is 1. The molecule has 0 saturated carbocycles. The molecule has 0 unspecified atom stereocenters. The third-order valence-corrected chi connectivity index (χ3v) is 5.44. The van der Waals surface area contributed by atoms with Gasteiger partial charge in [0.05, 0.1) is 22.4 Å². The van der Waals surface area contributed by atoms with Crippen molar-refractivity contribution < 1.29 is 18.8 Å². The van der Waals surface area contributed by atoms with Gasteiger partial charge in [-0.15, -0.1) is 0 Å². The molecule has 9 heteroatoms. The fourth-order valence-electron chi connectivity index (χ4n) is 3.78. The van der Waals surface area contributed by atoms with Crippen LogP contribution in [0.15, 0.2) is 60.9 Å². The van der Waals surface area contributed by atoms with Gasteiger partial charge in [0.2, 0.25) is 0 Å². The molecule has 1 amide bonds.